The largest absolute Gasteiger partial charge is 0.384 e. The van der Waals surface area contributed by atoms with E-state index in [1.807, 2.05) is 63.4 Å². The van der Waals surface area contributed by atoms with Crippen LogP contribution in [-0.2, 0) is 4.79 Å². The van der Waals surface area contributed by atoms with E-state index in [9.17, 15) is 10.1 Å². The summed E-state index contributed by atoms with van der Waals surface area (Å²) in [7, 11) is 1.99. The van der Waals surface area contributed by atoms with Gasteiger partial charge in [-0.1, -0.05) is 41.6 Å². The van der Waals surface area contributed by atoms with Crippen LogP contribution in [-0.4, -0.2) is 24.7 Å². The number of nitriles is 1. The van der Waals surface area contributed by atoms with Crippen LogP contribution in [0, 0.1) is 18.3 Å². The number of carbonyl (C=O) groups is 1. The number of rotatable bonds is 4. The molecule has 0 spiro atoms. The van der Waals surface area contributed by atoms with Gasteiger partial charge in [0, 0.05) is 18.5 Å². The quantitative estimate of drug-likeness (QED) is 0.416. The van der Waals surface area contributed by atoms with Crippen LogP contribution in [0.5, 0.6) is 0 Å². The van der Waals surface area contributed by atoms with Crippen LogP contribution in [0.3, 0.4) is 0 Å². The molecule has 5 rings (SSSR count). The first-order valence-electron chi connectivity index (χ1n) is 11.2. The summed E-state index contributed by atoms with van der Waals surface area (Å²) >= 11 is 2.96. The van der Waals surface area contributed by atoms with Crippen molar-refractivity contribution >= 4 is 57.3 Å². The molecule has 1 amide bonds. The van der Waals surface area contributed by atoms with Crippen molar-refractivity contribution < 1.29 is 4.79 Å². The first-order valence-corrected chi connectivity index (χ1v) is 12.8. The molecular weight excluding hydrogens is 474 g/mol. The molecule has 174 valence electrons. The van der Waals surface area contributed by atoms with E-state index in [4.69, 9.17) is 4.99 Å². The number of carbonyl (C=O) groups excluding carboxylic acids is 1. The van der Waals surface area contributed by atoms with E-state index < -0.39 is 0 Å². The number of amidine groups is 1. The lowest BCUT2D eigenvalue weighted by atomic mass is 10.2. The number of aliphatic imine (C=N–C) groups is 1. The fourth-order valence-corrected chi connectivity index (χ4v) is 6.28. The Bertz CT molecular complexity index is 1420. The van der Waals surface area contributed by atoms with Crippen LogP contribution in [0.1, 0.15) is 18.1 Å². The van der Waals surface area contributed by atoms with Gasteiger partial charge in [-0.2, -0.15) is 5.26 Å². The first kappa shape index (κ1) is 23.1. The van der Waals surface area contributed by atoms with Gasteiger partial charge in [-0.05, 0) is 68.1 Å². The number of para-hydroxylation sites is 1. The Balaban J connectivity index is 1.65. The lowest BCUT2D eigenvalue weighted by Crippen LogP contribution is -2.29. The summed E-state index contributed by atoms with van der Waals surface area (Å²) in [6.07, 6.45) is 0. The van der Waals surface area contributed by atoms with Gasteiger partial charge in [0.15, 0.2) is 5.17 Å². The maximum Gasteiger partial charge on any atom is 0.274 e. The van der Waals surface area contributed by atoms with E-state index in [1.54, 1.807) is 28.8 Å². The van der Waals surface area contributed by atoms with Crippen molar-refractivity contribution in [1.29, 1.82) is 5.26 Å². The highest BCUT2D eigenvalue weighted by Crippen LogP contribution is 2.50. The molecule has 6 nitrogen and oxygen atoms in total. The molecule has 1 saturated heterocycles. The molecule has 0 unspecified atom stereocenters. The minimum absolute atomic E-state index is 0.110. The van der Waals surface area contributed by atoms with Crippen molar-refractivity contribution in [2.45, 2.75) is 18.7 Å². The third-order valence-electron chi connectivity index (χ3n) is 5.72. The SMILES string of the molecule is CCNc1ccc(C#N)cc1N=C1S/C(=C2\Sc3ccccc3N2C)C(=O)N1c1ccc(C)cc1. The lowest BCUT2D eigenvalue weighted by Gasteiger charge is -2.17. The van der Waals surface area contributed by atoms with E-state index in [2.05, 4.69) is 28.4 Å². The molecule has 0 saturated carbocycles. The second-order valence-electron chi connectivity index (χ2n) is 8.11. The summed E-state index contributed by atoms with van der Waals surface area (Å²) in [6.45, 7) is 4.74. The van der Waals surface area contributed by atoms with Gasteiger partial charge >= 0.3 is 0 Å². The molecule has 2 aliphatic rings. The Labute approximate surface area is 213 Å². The van der Waals surface area contributed by atoms with Gasteiger partial charge in [0.25, 0.3) is 5.91 Å². The van der Waals surface area contributed by atoms with E-state index in [1.165, 1.54) is 11.8 Å². The van der Waals surface area contributed by atoms with Gasteiger partial charge in [0.05, 0.1) is 39.4 Å². The van der Waals surface area contributed by atoms with Crippen molar-refractivity contribution in [3.63, 3.8) is 0 Å². The fraction of sp³-hybridized carbons (Fsp3) is 0.148. The topological polar surface area (TPSA) is 71.7 Å². The van der Waals surface area contributed by atoms with E-state index in [0.29, 0.717) is 27.9 Å². The first-order chi connectivity index (χ1) is 17.0. The molecule has 2 heterocycles. The number of hydrogen-bond acceptors (Lipinski definition) is 7. The maximum atomic E-state index is 13.9. The molecule has 0 bridgehead atoms. The highest BCUT2D eigenvalue weighted by Gasteiger charge is 2.40. The minimum Gasteiger partial charge on any atom is -0.384 e. The number of aryl methyl sites for hydroxylation is 1. The average Bonchev–Trinajstić information content (AvgIpc) is 3.37. The molecule has 2 aliphatic heterocycles. The van der Waals surface area contributed by atoms with Crippen molar-refractivity contribution in [3.05, 3.63) is 87.8 Å². The van der Waals surface area contributed by atoms with Gasteiger partial charge in [-0.3, -0.25) is 9.69 Å². The fourth-order valence-electron chi connectivity index (χ4n) is 3.94. The zero-order valence-electron chi connectivity index (χ0n) is 19.6. The Hall–Kier alpha value is -3.67. The van der Waals surface area contributed by atoms with Crippen molar-refractivity contribution in [2.24, 2.45) is 4.99 Å². The third-order valence-corrected chi connectivity index (χ3v) is 8.11. The van der Waals surface area contributed by atoms with Crippen molar-refractivity contribution in [1.82, 2.24) is 0 Å². The number of fused-ring (bicyclic) bond motifs is 1. The lowest BCUT2D eigenvalue weighted by molar-refractivity contribution is -0.113. The summed E-state index contributed by atoms with van der Waals surface area (Å²) in [5.41, 5.74) is 4.91. The van der Waals surface area contributed by atoms with Gasteiger partial charge in [-0.15, -0.1) is 0 Å². The highest BCUT2D eigenvalue weighted by molar-refractivity contribution is 8.20. The van der Waals surface area contributed by atoms with E-state index >= 15 is 0 Å². The molecular formula is C27H23N5OS2. The standard InChI is InChI=1S/C27H23N5OS2/c1-4-29-20-14-11-18(16-28)15-21(20)30-27-32(19-12-9-17(2)10-13-19)25(33)24(35-27)26-31(3)22-7-5-6-8-23(22)34-26/h5-15,29H,4H2,1-3H3/b26-24-,30-27?. The van der Waals surface area contributed by atoms with Crippen molar-refractivity contribution in [3.8, 4) is 6.07 Å². The summed E-state index contributed by atoms with van der Waals surface area (Å²) in [5.74, 6) is -0.110. The number of benzene rings is 3. The Morgan fingerprint density at radius 2 is 1.83 bits per heavy atom. The van der Waals surface area contributed by atoms with Crippen LogP contribution in [0.15, 0.2) is 86.6 Å². The number of anilines is 3. The number of nitrogens with zero attached hydrogens (tertiary/aromatic N) is 4. The third kappa shape index (κ3) is 4.29. The number of hydrogen-bond donors (Lipinski definition) is 1. The van der Waals surface area contributed by atoms with Crippen molar-refractivity contribution in [2.75, 3.05) is 28.7 Å². The van der Waals surface area contributed by atoms with Crippen LogP contribution in [0.25, 0.3) is 0 Å². The molecule has 35 heavy (non-hydrogen) atoms. The summed E-state index contributed by atoms with van der Waals surface area (Å²) < 4.78 is 0. The Kier molecular flexibility index (Phi) is 6.29. The van der Waals surface area contributed by atoms with E-state index in [-0.39, 0.29) is 5.91 Å². The maximum absolute atomic E-state index is 13.9. The number of nitrogens with one attached hydrogen (secondary N) is 1. The molecule has 1 N–H and O–H groups in total. The molecule has 8 heteroatoms. The van der Waals surface area contributed by atoms with Gasteiger partial charge < -0.3 is 10.2 Å². The molecule has 3 aromatic carbocycles. The second-order valence-corrected chi connectivity index (χ2v) is 10.1. The molecule has 0 atom stereocenters. The zero-order chi connectivity index (χ0) is 24.5. The predicted octanol–water partition coefficient (Wildman–Crippen LogP) is 6.48. The normalized spacial score (nSPS) is 18.2. The average molecular weight is 498 g/mol. The van der Waals surface area contributed by atoms with Gasteiger partial charge in [-0.25, -0.2) is 4.99 Å². The molecule has 1 fully saturated rings. The number of thioether (sulfide) groups is 2. The summed E-state index contributed by atoms with van der Waals surface area (Å²) in [5, 5.41) is 14.2. The van der Waals surface area contributed by atoms with Crippen LogP contribution in [0.4, 0.5) is 22.7 Å². The van der Waals surface area contributed by atoms with Gasteiger partial charge in [0.1, 0.15) is 4.91 Å². The predicted molar refractivity (Wildman–Crippen MR) is 146 cm³/mol. The molecule has 0 aliphatic carbocycles. The summed E-state index contributed by atoms with van der Waals surface area (Å²) in [6, 6.07) is 23.5. The van der Waals surface area contributed by atoms with Gasteiger partial charge in [0.2, 0.25) is 0 Å². The monoisotopic (exact) mass is 497 g/mol. The second kappa shape index (κ2) is 9.53. The molecule has 3 aromatic rings. The van der Waals surface area contributed by atoms with Crippen LogP contribution >= 0.6 is 23.5 Å². The Morgan fingerprint density at radius 1 is 1.06 bits per heavy atom. The van der Waals surface area contributed by atoms with E-state index in [0.717, 1.165) is 32.6 Å². The highest BCUT2D eigenvalue weighted by atomic mass is 32.2. The Morgan fingerprint density at radius 3 is 2.54 bits per heavy atom. The van der Waals surface area contributed by atoms with Crippen LogP contribution < -0.4 is 15.1 Å². The van der Waals surface area contributed by atoms with Crippen LogP contribution in [0.2, 0.25) is 0 Å². The summed E-state index contributed by atoms with van der Waals surface area (Å²) in [4.78, 5) is 24.3. The molecule has 0 aromatic heterocycles. The smallest absolute Gasteiger partial charge is 0.274 e. The number of amides is 1. The minimum atomic E-state index is -0.110. The zero-order valence-corrected chi connectivity index (χ0v) is 21.2. The molecule has 0 radical (unpaired) electrons.